The second-order valence-corrected chi connectivity index (χ2v) is 6.30. The fourth-order valence-electron chi connectivity index (χ4n) is 2.62. The molecule has 0 aliphatic carbocycles. The van der Waals surface area contributed by atoms with E-state index in [1.165, 1.54) is 16.0 Å². The molecule has 2 amide bonds. The van der Waals surface area contributed by atoms with Crippen LogP contribution in [0.3, 0.4) is 0 Å². The molecule has 0 bridgehead atoms. The molecule has 1 fully saturated rings. The zero-order chi connectivity index (χ0) is 17.3. The number of morpholine rings is 1. The number of benzene rings is 1. The number of hydrogen-bond donors (Lipinski definition) is 0. The number of carbonyl (C=O) groups is 2. The van der Waals surface area contributed by atoms with Crippen LogP contribution in [0.15, 0.2) is 12.1 Å². The Labute approximate surface area is 149 Å². The predicted octanol–water partition coefficient (Wildman–Crippen LogP) is 1.42. The van der Waals surface area contributed by atoms with Crippen LogP contribution in [-0.2, 0) is 14.3 Å². The van der Waals surface area contributed by atoms with E-state index in [-0.39, 0.29) is 25.0 Å². The summed E-state index contributed by atoms with van der Waals surface area (Å²) < 4.78 is 10.7. The molecular weight excluding hydrogens is 357 g/mol. The molecule has 0 saturated carbocycles. The van der Waals surface area contributed by atoms with Crippen LogP contribution in [-0.4, -0.2) is 68.3 Å². The van der Waals surface area contributed by atoms with E-state index < -0.39 is 0 Å². The lowest BCUT2D eigenvalue weighted by atomic mass is 10.2. The zero-order valence-electron chi connectivity index (χ0n) is 13.1. The van der Waals surface area contributed by atoms with Crippen molar-refractivity contribution >= 4 is 40.7 Å². The Kier molecular flexibility index (Phi) is 5.15. The number of anilines is 1. The van der Waals surface area contributed by atoms with Gasteiger partial charge in [0.1, 0.15) is 12.3 Å². The maximum atomic E-state index is 12.6. The van der Waals surface area contributed by atoms with Gasteiger partial charge in [0.2, 0.25) is 0 Å². The van der Waals surface area contributed by atoms with E-state index in [9.17, 15) is 9.59 Å². The van der Waals surface area contributed by atoms with Crippen LogP contribution in [0.1, 0.15) is 0 Å². The van der Waals surface area contributed by atoms with Crippen LogP contribution < -0.4 is 9.64 Å². The number of hydrazine groups is 1. The molecular formula is C15H17Cl2N3O4. The maximum absolute atomic E-state index is 12.6. The third kappa shape index (κ3) is 3.44. The van der Waals surface area contributed by atoms with Gasteiger partial charge < -0.3 is 9.47 Å². The van der Waals surface area contributed by atoms with Gasteiger partial charge in [-0.1, -0.05) is 23.2 Å². The van der Waals surface area contributed by atoms with Gasteiger partial charge in [-0.05, 0) is 6.07 Å². The first-order valence-electron chi connectivity index (χ1n) is 7.48. The molecule has 1 saturated heterocycles. The van der Waals surface area contributed by atoms with Crippen molar-refractivity contribution in [2.45, 2.75) is 0 Å². The SMILES string of the molecule is CN(C(=O)CN1C(=O)COc2cc(Cl)c(Cl)cc21)N1CCOCC1. The van der Waals surface area contributed by atoms with Crippen molar-refractivity contribution in [1.82, 2.24) is 10.0 Å². The normalized spacial score (nSPS) is 18.1. The smallest absolute Gasteiger partial charge is 0.265 e. The average molecular weight is 374 g/mol. The highest BCUT2D eigenvalue weighted by molar-refractivity contribution is 6.42. The standard InChI is InChI=1S/C15H17Cl2N3O4/c1-18(19-2-4-23-5-3-19)14(21)8-20-12-6-10(16)11(17)7-13(12)24-9-15(20)22/h6-7H,2-5,8-9H2,1H3. The summed E-state index contributed by atoms with van der Waals surface area (Å²) in [6.45, 7) is 2.19. The van der Waals surface area contributed by atoms with Gasteiger partial charge in [0.25, 0.3) is 11.8 Å². The molecule has 2 aliphatic heterocycles. The molecule has 1 aromatic carbocycles. The van der Waals surface area contributed by atoms with Crippen molar-refractivity contribution in [2.75, 3.05) is 51.4 Å². The van der Waals surface area contributed by atoms with Crippen LogP contribution in [0.25, 0.3) is 0 Å². The van der Waals surface area contributed by atoms with Crippen molar-refractivity contribution < 1.29 is 19.1 Å². The Morgan fingerprint density at radius 1 is 1.25 bits per heavy atom. The number of fused-ring (bicyclic) bond motifs is 1. The molecule has 24 heavy (non-hydrogen) atoms. The minimum absolute atomic E-state index is 0.0962. The molecule has 0 N–H and O–H groups in total. The van der Waals surface area contributed by atoms with Crippen LogP contribution in [0, 0.1) is 0 Å². The van der Waals surface area contributed by atoms with Crippen LogP contribution in [0.5, 0.6) is 5.75 Å². The highest BCUT2D eigenvalue weighted by Gasteiger charge is 2.30. The molecule has 0 unspecified atom stereocenters. The van der Waals surface area contributed by atoms with E-state index in [2.05, 4.69) is 0 Å². The maximum Gasteiger partial charge on any atom is 0.265 e. The first-order valence-corrected chi connectivity index (χ1v) is 8.24. The van der Waals surface area contributed by atoms with E-state index >= 15 is 0 Å². The zero-order valence-corrected chi connectivity index (χ0v) is 14.6. The van der Waals surface area contributed by atoms with E-state index in [0.717, 1.165) is 0 Å². The van der Waals surface area contributed by atoms with Gasteiger partial charge in [-0.2, -0.15) is 0 Å². The molecule has 2 aliphatic rings. The average Bonchev–Trinajstić information content (AvgIpc) is 2.59. The number of ether oxygens (including phenoxy) is 2. The van der Waals surface area contributed by atoms with Gasteiger partial charge in [-0.15, -0.1) is 0 Å². The fraction of sp³-hybridized carbons (Fsp3) is 0.467. The van der Waals surface area contributed by atoms with E-state index in [0.29, 0.717) is 47.8 Å². The summed E-state index contributed by atoms with van der Waals surface area (Å²) in [5, 5.41) is 4.06. The third-order valence-corrected chi connectivity index (χ3v) is 4.73. The van der Waals surface area contributed by atoms with Gasteiger partial charge in [0.05, 0.1) is 28.9 Å². The number of carbonyl (C=O) groups excluding carboxylic acids is 2. The first kappa shape index (κ1) is 17.3. The first-order chi connectivity index (χ1) is 11.5. The third-order valence-electron chi connectivity index (χ3n) is 4.01. The highest BCUT2D eigenvalue weighted by Crippen LogP contribution is 2.38. The van der Waals surface area contributed by atoms with Crippen molar-refractivity contribution in [3.63, 3.8) is 0 Å². The van der Waals surface area contributed by atoms with Gasteiger partial charge in [-0.3, -0.25) is 19.5 Å². The second-order valence-electron chi connectivity index (χ2n) is 5.49. The van der Waals surface area contributed by atoms with Gasteiger partial charge in [-0.25, -0.2) is 5.01 Å². The molecule has 0 atom stereocenters. The molecule has 7 nitrogen and oxygen atoms in total. The van der Waals surface area contributed by atoms with Gasteiger partial charge in [0, 0.05) is 26.2 Å². The quantitative estimate of drug-likeness (QED) is 0.801. The lowest BCUT2D eigenvalue weighted by Gasteiger charge is -2.36. The Morgan fingerprint density at radius 3 is 2.62 bits per heavy atom. The van der Waals surface area contributed by atoms with Gasteiger partial charge in [0.15, 0.2) is 6.61 Å². The second kappa shape index (κ2) is 7.14. The lowest BCUT2D eigenvalue weighted by molar-refractivity contribution is -0.151. The Morgan fingerprint density at radius 2 is 1.92 bits per heavy atom. The molecule has 130 valence electrons. The summed E-state index contributed by atoms with van der Waals surface area (Å²) >= 11 is 12.0. The Hall–Kier alpha value is -1.54. The largest absolute Gasteiger partial charge is 0.482 e. The summed E-state index contributed by atoms with van der Waals surface area (Å²) in [7, 11) is 1.69. The molecule has 3 rings (SSSR count). The molecule has 0 aromatic heterocycles. The minimum atomic E-state index is -0.301. The lowest BCUT2D eigenvalue weighted by Crippen LogP contribution is -2.53. The summed E-state index contributed by atoms with van der Waals surface area (Å²) in [4.78, 5) is 26.2. The molecule has 0 radical (unpaired) electrons. The number of hydrogen-bond acceptors (Lipinski definition) is 5. The van der Waals surface area contributed by atoms with Crippen molar-refractivity contribution in [3.05, 3.63) is 22.2 Å². The number of likely N-dealkylation sites (N-methyl/N-ethyl adjacent to an activating group) is 1. The topological polar surface area (TPSA) is 62.3 Å². The predicted molar refractivity (Wildman–Crippen MR) is 89.5 cm³/mol. The molecule has 9 heteroatoms. The number of rotatable bonds is 3. The summed E-state index contributed by atoms with van der Waals surface area (Å²) in [5.41, 5.74) is 0.448. The van der Waals surface area contributed by atoms with Gasteiger partial charge >= 0.3 is 0 Å². The molecule has 0 spiro atoms. The number of halogens is 2. The summed E-state index contributed by atoms with van der Waals surface area (Å²) in [6, 6.07) is 3.09. The summed E-state index contributed by atoms with van der Waals surface area (Å²) in [6.07, 6.45) is 0. The van der Waals surface area contributed by atoms with Crippen LogP contribution >= 0.6 is 23.2 Å². The van der Waals surface area contributed by atoms with Crippen molar-refractivity contribution in [2.24, 2.45) is 0 Å². The van der Waals surface area contributed by atoms with E-state index in [1.54, 1.807) is 13.1 Å². The van der Waals surface area contributed by atoms with Crippen LogP contribution in [0.4, 0.5) is 5.69 Å². The fourth-order valence-corrected chi connectivity index (χ4v) is 2.93. The minimum Gasteiger partial charge on any atom is -0.482 e. The molecule has 2 heterocycles. The van der Waals surface area contributed by atoms with Crippen molar-refractivity contribution in [1.29, 1.82) is 0 Å². The van der Waals surface area contributed by atoms with E-state index in [4.69, 9.17) is 32.7 Å². The monoisotopic (exact) mass is 373 g/mol. The van der Waals surface area contributed by atoms with Crippen molar-refractivity contribution in [3.8, 4) is 5.75 Å². The highest BCUT2D eigenvalue weighted by atomic mass is 35.5. The van der Waals surface area contributed by atoms with Crippen LogP contribution in [0.2, 0.25) is 10.0 Å². The number of amides is 2. The Bertz CT molecular complexity index is 664. The molecule has 1 aromatic rings. The van der Waals surface area contributed by atoms with E-state index in [1.807, 2.05) is 5.01 Å². The summed E-state index contributed by atoms with van der Waals surface area (Å²) in [5.74, 6) is -0.0698. The number of nitrogens with zero attached hydrogens (tertiary/aromatic N) is 3. The Balaban J connectivity index is 1.78.